The summed E-state index contributed by atoms with van der Waals surface area (Å²) in [7, 11) is 1.71. The van der Waals surface area contributed by atoms with Crippen molar-refractivity contribution in [2.45, 2.75) is 64.7 Å². The molecule has 0 radical (unpaired) electrons. The minimum Gasteiger partial charge on any atom is -0.379 e. The van der Waals surface area contributed by atoms with Gasteiger partial charge >= 0.3 is 0 Å². The molecule has 0 heterocycles. The van der Waals surface area contributed by atoms with E-state index in [2.05, 4.69) is 55.5 Å². The van der Waals surface area contributed by atoms with Gasteiger partial charge in [-0.3, -0.25) is 0 Å². The van der Waals surface area contributed by atoms with Crippen molar-refractivity contribution in [1.29, 1.82) is 0 Å². The van der Waals surface area contributed by atoms with Crippen LogP contribution >= 0.6 is 0 Å². The van der Waals surface area contributed by atoms with Crippen molar-refractivity contribution in [3.8, 4) is 0 Å². The fraction of sp³-hybridized carbons (Fsp3) is 0.351. The Morgan fingerprint density at radius 1 is 0.452 bits per heavy atom. The molecule has 4 aromatic carbocycles. The van der Waals surface area contributed by atoms with Gasteiger partial charge in [0.2, 0.25) is 0 Å². The Bertz CT molecular complexity index is 1240. The predicted molar refractivity (Wildman–Crippen MR) is 167 cm³/mol. The number of methoxy groups -OCH3 is 1. The average molecular weight is 569 g/mol. The summed E-state index contributed by atoms with van der Waals surface area (Å²) >= 11 is 0. The zero-order chi connectivity index (χ0) is 29.4. The van der Waals surface area contributed by atoms with Crippen molar-refractivity contribution in [1.82, 2.24) is 0 Å². The summed E-state index contributed by atoms with van der Waals surface area (Å²) in [6, 6.07) is 40.9. The molecule has 0 saturated heterocycles. The molecule has 0 bridgehead atoms. The number of benzene rings is 4. The van der Waals surface area contributed by atoms with Crippen LogP contribution in [0.15, 0.2) is 121 Å². The van der Waals surface area contributed by atoms with Crippen LogP contribution in [-0.4, -0.2) is 38.1 Å². The predicted octanol–water partition coefficient (Wildman–Crippen LogP) is 7.63. The molecule has 0 spiro atoms. The SMILES string of the molecule is COC(C)C(OCc1ccccc1)C(OCc1ccccc1)C(OCc1ccccc1)C(C)COCc1ccccc1. The molecule has 0 amide bonds. The van der Waals surface area contributed by atoms with Crippen LogP contribution in [0.2, 0.25) is 0 Å². The second-order valence-corrected chi connectivity index (χ2v) is 10.7. The third kappa shape index (κ3) is 10.2. The maximum atomic E-state index is 6.75. The third-order valence-corrected chi connectivity index (χ3v) is 7.39. The van der Waals surface area contributed by atoms with E-state index in [9.17, 15) is 0 Å². The van der Waals surface area contributed by atoms with Gasteiger partial charge in [0.15, 0.2) is 0 Å². The van der Waals surface area contributed by atoms with Gasteiger partial charge in [0, 0.05) is 13.0 Å². The zero-order valence-corrected chi connectivity index (χ0v) is 25.0. The van der Waals surface area contributed by atoms with E-state index in [0.717, 1.165) is 22.3 Å². The van der Waals surface area contributed by atoms with E-state index in [0.29, 0.717) is 33.0 Å². The quantitative estimate of drug-likeness (QED) is 0.124. The van der Waals surface area contributed by atoms with Crippen molar-refractivity contribution in [3.63, 3.8) is 0 Å². The van der Waals surface area contributed by atoms with Gasteiger partial charge in [-0.05, 0) is 29.2 Å². The van der Waals surface area contributed by atoms with Crippen molar-refractivity contribution >= 4 is 0 Å². The number of ether oxygens (including phenoxy) is 5. The van der Waals surface area contributed by atoms with Crippen LogP contribution in [-0.2, 0) is 50.1 Å². The fourth-order valence-corrected chi connectivity index (χ4v) is 4.92. The molecule has 0 aliphatic heterocycles. The topological polar surface area (TPSA) is 46.2 Å². The molecule has 0 fully saturated rings. The molecule has 5 nitrogen and oxygen atoms in total. The Balaban J connectivity index is 1.59. The van der Waals surface area contributed by atoms with Gasteiger partial charge < -0.3 is 23.7 Å². The van der Waals surface area contributed by atoms with Crippen LogP contribution in [0.5, 0.6) is 0 Å². The lowest BCUT2D eigenvalue weighted by atomic mass is 9.93. The molecule has 0 aromatic heterocycles. The summed E-state index contributed by atoms with van der Waals surface area (Å²) < 4.78 is 32.2. The normalized spacial score (nSPS) is 15.0. The maximum Gasteiger partial charge on any atom is 0.113 e. The van der Waals surface area contributed by atoms with Crippen LogP contribution < -0.4 is 0 Å². The molecule has 5 heteroatoms. The zero-order valence-electron chi connectivity index (χ0n) is 25.0. The van der Waals surface area contributed by atoms with E-state index < -0.39 is 12.2 Å². The van der Waals surface area contributed by atoms with E-state index in [1.807, 2.05) is 79.7 Å². The molecule has 0 aliphatic rings. The van der Waals surface area contributed by atoms with Crippen LogP contribution in [0.1, 0.15) is 36.1 Å². The Morgan fingerprint density at radius 3 is 1.21 bits per heavy atom. The summed E-state index contributed by atoms with van der Waals surface area (Å²) in [5.74, 6) is 0.00470. The first-order valence-corrected chi connectivity index (χ1v) is 14.7. The maximum absolute atomic E-state index is 6.75. The van der Waals surface area contributed by atoms with Gasteiger partial charge in [-0.25, -0.2) is 0 Å². The smallest absolute Gasteiger partial charge is 0.113 e. The summed E-state index contributed by atoms with van der Waals surface area (Å²) in [6.45, 7) is 6.54. The van der Waals surface area contributed by atoms with Gasteiger partial charge in [0.1, 0.15) is 12.2 Å². The second-order valence-electron chi connectivity index (χ2n) is 10.7. The van der Waals surface area contributed by atoms with Crippen molar-refractivity contribution in [2.24, 2.45) is 5.92 Å². The molecule has 42 heavy (non-hydrogen) atoms. The van der Waals surface area contributed by atoms with Crippen molar-refractivity contribution in [2.75, 3.05) is 13.7 Å². The van der Waals surface area contributed by atoms with E-state index >= 15 is 0 Å². The molecular formula is C37H44O5. The summed E-state index contributed by atoms with van der Waals surface area (Å²) in [5.41, 5.74) is 4.42. The Hall–Kier alpha value is -3.32. The van der Waals surface area contributed by atoms with Gasteiger partial charge in [-0.2, -0.15) is 0 Å². The molecule has 0 N–H and O–H groups in total. The van der Waals surface area contributed by atoms with E-state index in [4.69, 9.17) is 23.7 Å². The minimum atomic E-state index is -0.428. The first kappa shape index (κ1) is 31.6. The van der Waals surface area contributed by atoms with E-state index in [1.165, 1.54) is 0 Å². The molecule has 0 saturated carbocycles. The summed E-state index contributed by atoms with van der Waals surface area (Å²) in [4.78, 5) is 0. The van der Waals surface area contributed by atoms with Crippen molar-refractivity contribution in [3.05, 3.63) is 144 Å². The van der Waals surface area contributed by atoms with Gasteiger partial charge in [0.25, 0.3) is 0 Å². The van der Waals surface area contributed by atoms with E-state index in [-0.39, 0.29) is 18.1 Å². The molecule has 5 unspecified atom stereocenters. The molecule has 222 valence electrons. The highest BCUT2D eigenvalue weighted by Crippen LogP contribution is 2.26. The Labute approximate surface area is 251 Å². The van der Waals surface area contributed by atoms with Gasteiger partial charge in [-0.15, -0.1) is 0 Å². The second kappa shape index (κ2) is 17.6. The van der Waals surface area contributed by atoms with Gasteiger partial charge in [-0.1, -0.05) is 128 Å². The van der Waals surface area contributed by atoms with Crippen molar-refractivity contribution < 1.29 is 23.7 Å². The lowest BCUT2D eigenvalue weighted by Crippen LogP contribution is -2.51. The average Bonchev–Trinajstić information content (AvgIpc) is 3.05. The summed E-state index contributed by atoms with van der Waals surface area (Å²) in [5, 5.41) is 0. The number of hydrogen-bond donors (Lipinski definition) is 0. The highest BCUT2D eigenvalue weighted by atomic mass is 16.6. The molecule has 4 aromatic rings. The first-order chi connectivity index (χ1) is 20.6. The highest BCUT2D eigenvalue weighted by molar-refractivity contribution is 5.16. The first-order valence-electron chi connectivity index (χ1n) is 14.7. The lowest BCUT2D eigenvalue weighted by molar-refractivity contribution is -0.194. The molecule has 4 rings (SSSR count). The van der Waals surface area contributed by atoms with Crippen LogP contribution in [0.3, 0.4) is 0 Å². The largest absolute Gasteiger partial charge is 0.379 e. The molecule has 0 aliphatic carbocycles. The number of rotatable bonds is 18. The molecular weight excluding hydrogens is 524 g/mol. The van der Waals surface area contributed by atoms with Crippen LogP contribution in [0, 0.1) is 5.92 Å². The van der Waals surface area contributed by atoms with Crippen LogP contribution in [0.25, 0.3) is 0 Å². The molecule has 5 atom stereocenters. The fourth-order valence-electron chi connectivity index (χ4n) is 4.92. The lowest BCUT2D eigenvalue weighted by Gasteiger charge is -2.38. The summed E-state index contributed by atoms with van der Waals surface area (Å²) in [6.07, 6.45) is -1.39. The van der Waals surface area contributed by atoms with Crippen LogP contribution in [0.4, 0.5) is 0 Å². The number of hydrogen-bond acceptors (Lipinski definition) is 5. The third-order valence-electron chi connectivity index (χ3n) is 7.39. The minimum absolute atomic E-state index is 0.00470. The Morgan fingerprint density at radius 2 is 0.810 bits per heavy atom. The van der Waals surface area contributed by atoms with E-state index in [1.54, 1.807) is 7.11 Å². The highest BCUT2D eigenvalue weighted by Gasteiger charge is 2.39. The Kier molecular flexibility index (Phi) is 13.2. The monoisotopic (exact) mass is 568 g/mol. The van der Waals surface area contributed by atoms with Gasteiger partial charge in [0.05, 0.1) is 45.2 Å². The standard InChI is InChI=1S/C37H44O5/c1-29(24-39-25-31-16-8-4-9-17-31)35(40-26-32-18-10-5-11-19-32)37(42-28-34-22-14-7-15-23-34)36(30(2)38-3)41-27-33-20-12-6-13-21-33/h4-23,29-30,35-37H,24-28H2,1-3H3.